The van der Waals surface area contributed by atoms with E-state index in [1.165, 1.54) is 6.92 Å². The van der Waals surface area contributed by atoms with E-state index in [1.807, 2.05) is 20.8 Å². The van der Waals surface area contributed by atoms with Gasteiger partial charge in [-0.05, 0) is 26.8 Å². The molecule has 0 aliphatic rings. The fourth-order valence-electron chi connectivity index (χ4n) is 1.16. The van der Waals surface area contributed by atoms with Crippen molar-refractivity contribution in [3.8, 4) is 0 Å². The van der Waals surface area contributed by atoms with Crippen molar-refractivity contribution in [1.29, 1.82) is 0 Å². The Morgan fingerprint density at radius 3 is 1.81 bits per heavy atom. The first-order chi connectivity index (χ1) is 9.36. The topological polar surface area (TPSA) is 63.6 Å². The van der Waals surface area contributed by atoms with Gasteiger partial charge in [-0.3, -0.25) is 4.79 Å². The van der Waals surface area contributed by atoms with Crippen molar-refractivity contribution in [2.75, 3.05) is 0 Å². The van der Waals surface area contributed by atoms with Crippen molar-refractivity contribution >= 4 is 11.9 Å². The maximum Gasteiger partial charge on any atom is 0.338 e. The average molecular weight is 310 g/mol. The lowest BCUT2D eigenvalue weighted by molar-refractivity contribution is -0.151. The molecule has 0 saturated carbocycles. The molecular formula is C13H14F4O4. The van der Waals surface area contributed by atoms with E-state index in [0.29, 0.717) is 0 Å². The van der Waals surface area contributed by atoms with Gasteiger partial charge >= 0.3 is 11.9 Å². The first-order valence-electron chi connectivity index (χ1n) is 5.62. The van der Waals surface area contributed by atoms with Gasteiger partial charge in [-0.1, -0.05) is 0 Å². The number of carboxylic acids is 1. The highest BCUT2D eigenvalue weighted by Gasteiger charge is 2.22. The number of carboxylic acid groups (broad SMARTS) is 1. The predicted molar refractivity (Wildman–Crippen MR) is 64.8 cm³/mol. The molecule has 1 rings (SSSR count). The Balaban J connectivity index is 0.000000433. The lowest BCUT2D eigenvalue weighted by Crippen LogP contribution is -2.21. The zero-order valence-electron chi connectivity index (χ0n) is 11.8. The molecule has 0 atom stereocenters. The van der Waals surface area contributed by atoms with Crippen LogP contribution in [0.1, 0.15) is 38.1 Å². The maximum atomic E-state index is 12.5. The molecule has 4 nitrogen and oxygen atoms in total. The van der Waals surface area contributed by atoms with Gasteiger partial charge < -0.3 is 9.84 Å². The lowest BCUT2D eigenvalue weighted by atomic mass is 10.2. The Kier molecular flexibility index (Phi) is 6.34. The summed E-state index contributed by atoms with van der Waals surface area (Å²) >= 11 is 0. The van der Waals surface area contributed by atoms with E-state index < -0.39 is 34.8 Å². The predicted octanol–water partition coefficient (Wildman–Crippen LogP) is 3.29. The van der Waals surface area contributed by atoms with Gasteiger partial charge in [-0.2, -0.15) is 0 Å². The molecule has 1 N–H and O–H groups in total. The van der Waals surface area contributed by atoms with Crippen LogP contribution < -0.4 is 0 Å². The van der Waals surface area contributed by atoms with Crippen molar-refractivity contribution in [2.24, 2.45) is 0 Å². The molecular weight excluding hydrogens is 296 g/mol. The molecule has 0 aliphatic heterocycles. The zero-order chi connectivity index (χ0) is 17.0. The summed E-state index contributed by atoms with van der Waals surface area (Å²) < 4.78 is 54.3. The van der Waals surface area contributed by atoms with Crippen LogP contribution in [0.5, 0.6) is 0 Å². The molecule has 0 bridgehead atoms. The summed E-state index contributed by atoms with van der Waals surface area (Å²) in [5.41, 5.74) is -1.57. The van der Waals surface area contributed by atoms with E-state index in [2.05, 4.69) is 0 Å². The van der Waals surface area contributed by atoms with Crippen molar-refractivity contribution in [1.82, 2.24) is 0 Å². The third kappa shape index (κ3) is 6.24. The summed E-state index contributed by atoms with van der Waals surface area (Å²) in [7, 11) is 0. The Morgan fingerprint density at radius 1 is 1.05 bits per heavy atom. The normalized spacial score (nSPS) is 10.5. The smallest absolute Gasteiger partial charge is 0.338 e. The highest BCUT2D eigenvalue weighted by molar-refractivity contribution is 5.87. The van der Waals surface area contributed by atoms with Crippen LogP contribution in [0.15, 0.2) is 6.07 Å². The molecule has 0 aliphatic carbocycles. The molecule has 0 radical (unpaired) electrons. The largest absolute Gasteiger partial charge is 0.478 e. The van der Waals surface area contributed by atoms with E-state index in [1.54, 1.807) is 0 Å². The minimum atomic E-state index is -2.13. The van der Waals surface area contributed by atoms with E-state index >= 15 is 0 Å². The van der Waals surface area contributed by atoms with Gasteiger partial charge in [0.1, 0.15) is 11.2 Å². The van der Waals surface area contributed by atoms with Crippen molar-refractivity contribution in [3.05, 3.63) is 34.9 Å². The molecule has 21 heavy (non-hydrogen) atoms. The third-order valence-corrected chi connectivity index (χ3v) is 1.78. The Labute approximate surface area is 118 Å². The molecule has 1 aromatic carbocycles. The van der Waals surface area contributed by atoms with Crippen LogP contribution in [-0.4, -0.2) is 22.6 Å². The number of rotatable bonds is 1. The second-order valence-electron chi connectivity index (χ2n) is 4.86. The third-order valence-electron chi connectivity index (χ3n) is 1.78. The van der Waals surface area contributed by atoms with Crippen LogP contribution in [0.3, 0.4) is 0 Å². The SMILES string of the molecule is CC(=O)OC(C)(C)C.O=C(O)c1cc(F)c(F)c(F)c1F. The summed E-state index contributed by atoms with van der Waals surface area (Å²) in [6, 6.07) is 0.0794. The molecule has 0 amide bonds. The van der Waals surface area contributed by atoms with Crippen LogP contribution in [0.2, 0.25) is 0 Å². The van der Waals surface area contributed by atoms with Crippen LogP contribution in [0.4, 0.5) is 17.6 Å². The van der Waals surface area contributed by atoms with Crippen molar-refractivity contribution in [3.63, 3.8) is 0 Å². The molecule has 0 saturated heterocycles. The first kappa shape index (κ1) is 18.9. The number of benzene rings is 1. The van der Waals surface area contributed by atoms with Gasteiger partial charge in [-0.25, -0.2) is 22.4 Å². The number of hydrogen-bond donors (Lipinski definition) is 1. The van der Waals surface area contributed by atoms with Gasteiger partial charge in [0.05, 0.1) is 0 Å². The summed E-state index contributed by atoms with van der Waals surface area (Å²) in [6.45, 7) is 6.93. The fourth-order valence-corrected chi connectivity index (χ4v) is 1.16. The number of ether oxygens (including phenoxy) is 1. The Morgan fingerprint density at radius 2 is 1.52 bits per heavy atom. The van der Waals surface area contributed by atoms with Crippen LogP contribution in [0.25, 0.3) is 0 Å². The lowest BCUT2D eigenvalue weighted by Gasteiger charge is -2.17. The fraction of sp³-hybridized carbons (Fsp3) is 0.385. The number of hydrogen-bond acceptors (Lipinski definition) is 3. The van der Waals surface area contributed by atoms with Gasteiger partial charge in [-0.15, -0.1) is 0 Å². The number of carbonyl (C=O) groups is 2. The number of halogens is 4. The molecule has 0 aromatic heterocycles. The van der Waals surface area contributed by atoms with E-state index in [4.69, 9.17) is 9.84 Å². The highest BCUT2D eigenvalue weighted by Crippen LogP contribution is 2.18. The average Bonchev–Trinajstić information content (AvgIpc) is 2.28. The summed E-state index contributed by atoms with van der Waals surface area (Å²) in [6.07, 6.45) is 0. The molecule has 1 aromatic rings. The minimum absolute atomic E-state index is 0.0794. The highest BCUT2D eigenvalue weighted by atomic mass is 19.2. The van der Waals surface area contributed by atoms with Gasteiger partial charge in [0.25, 0.3) is 0 Å². The second kappa shape index (κ2) is 7.05. The standard InChI is InChI=1S/C7H2F4O2.C6H12O2/c8-3-1-2(7(12)13)4(9)6(11)5(3)10;1-5(7)8-6(2,3)4/h1H,(H,12,13);1-4H3. The summed E-state index contributed by atoms with van der Waals surface area (Å²) in [5.74, 6) is -9.89. The van der Waals surface area contributed by atoms with Crippen LogP contribution in [-0.2, 0) is 9.53 Å². The molecule has 118 valence electrons. The van der Waals surface area contributed by atoms with Gasteiger partial charge in [0, 0.05) is 6.92 Å². The van der Waals surface area contributed by atoms with Gasteiger partial charge in [0.15, 0.2) is 23.3 Å². The molecule has 0 heterocycles. The quantitative estimate of drug-likeness (QED) is 0.374. The molecule has 8 heteroatoms. The number of carbonyl (C=O) groups excluding carboxylic acids is 1. The first-order valence-corrected chi connectivity index (χ1v) is 5.62. The van der Waals surface area contributed by atoms with Gasteiger partial charge in [0.2, 0.25) is 0 Å². The summed E-state index contributed by atoms with van der Waals surface area (Å²) in [4.78, 5) is 20.4. The number of esters is 1. The molecule has 0 unspecified atom stereocenters. The van der Waals surface area contributed by atoms with Crippen molar-refractivity contribution < 1.29 is 37.0 Å². The minimum Gasteiger partial charge on any atom is -0.478 e. The maximum absolute atomic E-state index is 12.5. The molecule has 0 spiro atoms. The Bertz CT molecular complexity index is 550. The zero-order valence-corrected chi connectivity index (χ0v) is 11.8. The second-order valence-corrected chi connectivity index (χ2v) is 4.86. The van der Waals surface area contributed by atoms with Crippen LogP contribution >= 0.6 is 0 Å². The van der Waals surface area contributed by atoms with E-state index in [0.717, 1.165) is 0 Å². The van der Waals surface area contributed by atoms with Crippen LogP contribution in [0, 0.1) is 23.3 Å². The van der Waals surface area contributed by atoms with E-state index in [9.17, 15) is 27.2 Å². The van der Waals surface area contributed by atoms with E-state index in [-0.39, 0.29) is 17.6 Å². The number of aromatic carboxylic acids is 1. The van der Waals surface area contributed by atoms with Crippen molar-refractivity contribution in [2.45, 2.75) is 33.3 Å². The summed E-state index contributed by atoms with van der Waals surface area (Å²) in [5, 5.41) is 8.21. The Hall–Kier alpha value is -2.12. The molecule has 0 fully saturated rings. The monoisotopic (exact) mass is 310 g/mol.